The first-order valence-corrected chi connectivity index (χ1v) is 18.0. The molecule has 4 aliphatic rings. The highest BCUT2D eigenvalue weighted by Crippen LogP contribution is 2.43. The summed E-state index contributed by atoms with van der Waals surface area (Å²) >= 11 is 0. The normalized spacial score (nSPS) is 23.4. The minimum absolute atomic E-state index is 0.135. The number of hydrogen-bond acceptors (Lipinski definition) is 9. The van der Waals surface area contributed by atoms with Crippen molar-refractivity contribution in [2.75, 3.05) is 63.6 Å². The number of fused-ring (bicyclic) bond motifs is 1. The zero-order chi connectivity index (χ0) is 33.5. The first kappa shape index (κ1) is 32.2. The van der Waals surface area contributed by atoms with Gasteiger partial charge in [-0.25, -0.2) is 4.98 Å². The molecule has 1 aromatic carbocycles. The summed E-state index contributed by atoms with van der Waals surface area (Å²) in [6.07, 6.45) is 12.9. The number of ether oxygens (including phenoxy) is 1. The van der Waals surface area contributed by atoms with E-state index in [2.05, 4.69) is 59.8 Å². The van der Waals surface area contributed by atoms with E-state index in [1.165, 1.54) is 57.5 Å². The Kier molecular flexibility index (Phi) is 8.75. The van der Waals surface area contributed by atoms with Crippen LogP contribution in [0.4, 0.5) is 11.6 Å². The Balaban J connectivity index is 1.01. The van der Waals surface area contributed by atoms with Crippen LogP contribution in [0.5, 0.6) is 5.75 Å². The topological polar surface area (TPSA) is 112 Å². The van der Waals surface area contributed by atoms with Gasteiger partial charge in [-0.15, -0.1) is 0 Å². The van der Waals surface area contributed by atoms with Crippen molar-refractivity contribution in [2.45, 2.75) is 69.6 Å². The predicted molar refractivity (Wildman–Crippen MR) is 191 cm³/mol. The average molecular weight is 665 g/mol. The fourth-order valence-electron chi connectivity index (χ4n) is 8.67. The molecule has 1 amide bonds. The standard InChI is InChI=1S/C38H48N8O3/c1-43-19-13-38(14-20-43)24-45(25-38)27-11-17-44(18-12-27)29-5-8-32-34(22-29)46(28-3-6-30(47)7-4-28)37(41-32)42-36(48)26-9-16-40-33(21-26)31-23-39-15-10-35(31)49-2/h5,8-10,15-16,21-23,27-28,30,47H,3-4,6-7,11-14,17-20,24-25H2,1-2H3,(H,41,42,48). The van der Waals surface area contributed by atoms with Crippen LogP contribution < -0.4 is 15.0 Å². The summed E-state index contributed by atoms with van der Waals surface area (Å²) in [7, 11) is 3.86. The lowest BCUT2D eigenvalue weighted by molar-refractivity contribution is -0.0704. The van der Waals surface area contributed by atoms with E-state index in [0.717, 1.165) is 55.4 Å². The molecule has 4 aromatic rings. The largest absolute Gasteiger partial charge is 0.496 e. The number of aromatic nitrogens is 4. The number of carbonyl (C=O) groups excluding carboxylic acids is 1. The number of aliphatic hydroxyl groups is 1. The maximum absolute atomic E-state index is 13.8. The third-order valence-corrected chi connectivity index (χ3v) is 11.7. The van der Waals surface area contributed by atoms with E-state index in [0.29, 0.717) is 34.4 Å². The van der Waals surface area contributed by atoms with Crippen LogP contribution in [0.2, 0.25) is 0 Å². The van der Waals surface area contributed by atoms with E-state index in [-0.39, 0.29) is 18.1 Å². The molecular formula is C38H48N8O3. The highest BCUT2D eigenvalue weighted by atomic mass is 16.5. The zero-order valence-electron chi connectivity index (χ0n) is 28.7. The zero-order valence-corrected chi connectivity index (χ0v) is 28.7. The molecule has 11 nitrogen and oxygen atoms in total. The summed E-state index contributed by atoms with van der Waals surface area (Å²) in [6.45, 7) is 7.12. The second-order valence-electron chi connectivity index (χ2n) is 14.8. The van der Waals surface area contributed by atoms with Crippen molar-refractivity contribution >= 4 is 28.6 Å². The predicted octanol–water partition coefficient (Wildman–Crippen LogP) is 5.23. The van der Waals surface area contributed by atoms with Gasteiger partial charge in [0.2, 0.25) is 5.95 Å². The van der Waals surface area contributed by atoms with Crippen LogP contribution in [-0.2, 0) is 0 Å². The van der Waals surface area contributed by atoms with Crippen LogP contribution in [0.1, 0.15) is 67.8 Å². The number of methoxy groups -OCH3 is 1. The molecule has 1 saturated carbocycles. The maximum Gasteiger partial charge on any atom is 0.258 e. The van der Waals surface area contributed by atoms with Gasteiger partial charge in [0.25, 0.3) is 5.91 Å². The molecule has 4 fully saturated rings. The van der Waals surface area contributed by atoms with Gasteiger partial charge < -0.3 is 24.2 Å². The number of imidazole rings is 1. The Hall–Kier alpha value is -4.06. The Labute approximate surface area is 288 Å². The van der Waals surface area contributed by atoms with E-state index in [4.69, 9.17) is 9.72 Å². The molecule has 3 aromatic heterocycles. The van der Waals surface area contributed by atoms with Crippen LogP contribution in [0, 0.1) is 5.41 Å². The Morgan fingerprint density at radius 3 is 2.47 bits per heavy atom. The van der Waals surface area contributed by atoms with E-state index >= 15 is 0 Å². The van der Waals surface area contributed by atoms with E-state index in [1.54, 1.807) is 43.9 Å². The number of carbonyl (C=O) groups is 1. The van der Waals surface area contributed by atoms with Gasteiger partial charge in [-0.3, -0.25) is 25.0 Å². The summed E-state index contributed by atoms with van der Waals surface area (Å²) in [5.41, 5.74) is 5.47. The number of rotatable bonds is 7. The molecule has 1 aliphatic carbocycles. The van der Waals surface area contributed by atoms with E-state index in [9.17, 15) is 9.90 Å². The minimum atomic E-state index is -0.277. The molecular weight excluding hydrogens is 616 g/mol. The first-order valence-electron chi connectivity index (χ1n) is 18.0. The van der Waals surface area contributed by atoms with Gasteiger partial charge in [0.1, 0.15) is 5.75 Å². The summed E-state index contributed by atoms with van der Waals surface area (Å²) in [6, 6.07) is 12.6. The molecule has 11 heteroatoms. The summed E-state index contributed by atoms with van der Waals surface area (Å²) < 4.78 is 7.71. The van der Waals surface area contributed by atoms with E-state index < -0.39 is 0 Å². The molecule has 49 heavy (non-hydrogen) atoms. The van der Waals surface area contributed by atoms with Crippen molar-refractivity contribution < 1.29 is 14.6 Å². The van der Waals surface area contributed by atoms with Gasteiger partial charge in [0.05, 0.1) is 35.5 Å². The summed E-state index contributed by atoms with van der Waals surface area (Å²) in [4.78, 5) is 35.2. The molecule has 6 heterocycles. The van der Waals surface area contributed by atoms with Gasteiger partial charge in [-0.05, 0) is 113 Å². The summed E-state index contributed by atoms with van der Waals surface area (Å²) in [5, 5.41) is 13.5. The van der Waals surface area contributed by atoms with Crippen molar-refractivity contribution in [1.29, 1.82) is 0 Å². The van der Waals surface area contributed by atoms with Crippen molar-refractivity contribution in [3.63, 3.8) is 0 Å². The summed E-state index contributed by atoms with van der Waals surface area (Å²) in [5.74, 6) is 0.923. The molecule has 1 spiro atoms. The highest BCUT2D eigenvalue weighted by Gasteiger charge is 2.46. The molecule has 0 radical (unpaired) electrons. The van der Waals surface area contributed by atoms with Crippen LogP contribution in [0.3, 0.4) is 0 Å². The van der Waals surface area contributed by atoms with Crippen LogP contribution in [0.15, 0.2) is 55.0 Å². The van der Waals surface area contributed by atoms with Crippen LogP contribution in [0.25, 0.3) is 22.3 Å². The number of anilines is 2. The van der Waals surface area contributed by atoms with Gasteiger partial charge >= 0.3 is 0 Å². The number of aliphatic hydroxyl groups excluding tert-OH is 1. The lowest BCUT2D eigenvalue weighted by Gasteiger charge is -2.57. The van der Waals surface area contributed by atoms with Gasteiger partial charge in [-0.2, -0.15) is 0 Å². The molecule has 0 unspecified atom stereocenters. The third-order valence-electron chi connectivity index (χ3n) is 11.7. The third kappa shape index (κ3) is 6.39. The lowest BCUT2D eigenvalue weighted by atomic mass is 9.71. The Morgan fingerprint density at radius 1 is 0.939 bits per heavy atom. The molecule has 0 bridgehead atoms. The number of pyridine rings is 2. The molecule has 3 aliphatic heterocycles. The fraction of sp³-hybridized carbons (Fsp3) is 0.526. The quantitative estimate of drug-likeness (QED) is 0.275. The highest BCUT2D eigenvalue weighted by molar-refractivity contribution is 6.04. The molecule has 3 saturated heterocycles. The van der Waals surface area contributed by atoms with Crippen molar-refractivity contribution in [1.82, 2.24) is 29.3 Å². The maximum atomic E-state index is 13.8. The van der Waals surface area contributed by atoms with Crippen molar-refractivity contribution in [3.8, 4) is 17.0 Å². The number of piperidine rings is 2. The van der Waals surface area contributed by atoms with Gasteiger partial charge in [-0.1, -0.05) is 0 Å². The number of likely N-dealkylation sites (tertiary alicyclic amines) is 2. The van der Waals surface area contributed by atoms with Gasteiger partial charge in [0, 0.05) is 68.1 Å². The smallest absolute Gasteiger partial charge is 0.258 e. The second-order valence-corrected chi connectivity index (χ2v) is 14.8. The van der Waals surface area contributed by atoms with Crippen molar-refractivity contribution in [3.05, 3.63) is 60.6 Å². The first-order chi connectivity index (χ1) is 23.9. The van der Waals surface area contributed by atoms with E-state index in [1.807, 2.05) is 0 Å². The average Bonchev–Trinajstić information content (AvgIpc) is 3.48. The number of nitrogens with one attached hydrogen (secondary N) is 1. The van der Waals surface area contributed by atoms with Crippen LogP contribution >= 0.6 is 0 Å². The monoisotopic (exact) mass is 664 g/mol. The molecule has 2 N–H and O–H groups in total. The number of hydrogen-bond donors (Lipinski definition) is 2. The second kappa shape index (κ2) is 13.3. The molecule has 0 atom stereocenters. The fourth-order valence-corrected chi connectivity index (χ4v) is 8.67. The molecule has 8 rings (SSSR count). The lowest BCUT2D eigenvalue weighted by Crippen LogP contribution is -2.63. The number of nitrogens with zero attached hydrogens (tertiary/aromatic N) is 7. The Bertz CT molecular complexity index is 1790. The van der Waals surface area contributed by atoms with Gasteiger partial charge in [0.15, 0.2) is 0 Å². The molecule has 258 valence electrons. The number of benzene rings is 1. The Morgan fingerprint density at radius 2 is 1.71 bits per heavy atom. The SMILES string of the molecule is COc1ccncc1-c1cc(C(=O)Nc2nc3ccc(N4CCC(N5CC6(CCN(C)CC6)C5)CC4)cc3n2C2CCC(O)CC2)ccn1. The minimum Gasteiger partial charge on any atom is -0.496 e. The van der Waals surface area contributed by atoms with Crippen molar-refractivity contribution in [2.24, 2.45) is 5.41 Å². The number of amides is 1. The van der Waals surface area contributed by atoms with Crippen LogP contribution in [-0.4, -0.2) is 106 Å².